The van der Waals surface area contributed by atoms with E-state index in [9.17, 15) is 8.42 Å². The maximum Gasteiger partial charge on any atom is 0.270 e. The molecule has 27 heavy (non-hydrogen) atoms. The molecule has 0 heterocycles. The SMILES string of the molecule is CCCCCCC#CN(CC1C=CCCCC1)S(=O)(=O)c1ccc(C)cc1. The first kappa shape index (κ1) is 21.6. The van der Waals surface area contributed by atoms with E-state index in [1.165, 1.54) is 23.6 Å². The maximum absolute atomic E-state index is 13.2. The summed E-state index contributed by atoms with van der Waals surface area (Å²) in [4.78, 5) is 0.325. The number of sulfonamides is 1. The van der Waals surface area contributed by atoms with Crippen molar-refractivity contribution < 1.29 is 8.42 Å². The monoisotopic (exact) mass is 387 g/mol. The minimum atomic E-state index is -3.60. The van der Waals surface area contributed by atoms with Crippen LogP contribution in [0.25, 0.3) is 0 Å². The van der Waals surface area contributed by atoms with Crippen LogP contribution in [-0.4, -0.2) is 19.3 Å². The van der Waals surface area contributed by atoms with Crippen molar-refractivity contribution in [2.24, 2.45) is 5.92 Å². The average Bonchev–Trinajstić information content (AvgIpc) is 2.92. The second-order valence-corrected chi connectivity index (χ2v) is 9.28. The highest BCUT2D eigenvalue weighted by molar-refractivity contribution is 7.89. The molecular formula is C23H33NO2S. The van der Waals surface area contributed by atoms with Crippen molar-refractivity contribution >= 4 is 10.0 Å². The van der Waals surface area contributed by atoms with Gasteiger partial charge >= 0.3 is 0 Å². The van der Waals surface area contributed by atoms with Crippen LogP contribution in [0, 0.1) is 24.8 Å². The normalized spacial score (nSPS) is 17.0. The van der Waals surface area contributed by atoms with E-state index >= 15 is 0 Å². The molecule has 2 rings (SSSR count). The van der Waals surface area contributed by atoms with E-state index in [1.54, 1.807) is 12.1 Å². The first-order chi connectivity index (χ1) is 13.0. The summed E-state index contributed by atoms with van der Waals surface area (Å²) in [6, 6.07) is 10.0. The molecule has 1 aliphatic rings. The Bertz CT molecular complexity index is 754. The average molecular weight is 388 g/mol. The summed E-state index contributed by atoms with van der Waals surface area (Å²) in [7, 11) is -3.60. The molecule has 1 aromatic carbocycles. The first-order valence-corrected chi connectivity index (χ1v) is 11.7. The van der Waals surface area contributed by atoms with E-state index < -0.39 is 10.0 Å². The third kappa shape index (κ3) is 7.07. The fraction of sp³-hybridized carbons (Fsp3) is 0.565. The molecule has 3 nitrogen and oxygen atoms in total. The van der Waals surface area contributed by atoms with Crippen LogP contribution in [0.1, 0.15) is 70.3 Å². The van der Waals surface area contributed by atoms with Gasteiger partial charge in [-0.1, -0.05) is 68.4 Å². The Morgan fingerprint density at radius 2 is 1.89 bits per heavy atom. The molecule has 148 valence electrons. The number of benzene rings is 1. The highest BCUT2D eigenvalue weighted by atomic mass is 32.2. The predicted molar refractivity (Wildman–Crippen MR) is 113 cm³/mol. The van der Waals surface area contributed by atoms with Gasteiger partial charge in [0.2, 0.25) is 0 Å². The zero-order chi connectivity index (χ0) is 19.5. The summed E-state index contributed by atoms with van der Waals surface area (Å²) in [6.45, 7) is 4.58. The second-order valence-electron chi connectivity index (χ2n) is 7.42. The summed E-state index contributed by atoms with van der Waals surface area (Å²) in [6.07, 6.45) is 14.1. The van der Waals surface area contributed by atoms with Crippen LogP contribution in [0.15, 0.2) is 41.3 Å². The number of unbranched alkanes of at least 4 members (excludes halogenated alkanes) is 4. The molecule has 0 spiro atoms. The van der Waals surface area contributed by atoms with Crippen molar-refractivity contribution in [3.63, 3.8) is 0 Å². The van der Waals surface area contributed by atoms with E-state index in [0.29, 0.717) is 11.4 Å². The van der Waals surface area contributed by atoms with E-state index in [1.807, 2.05) is 19.1 Å². The highest BCUT2D eigenvalue weighted by Crippen LogP contribution is 2.22. The topological polar surface area (TPSA) is 37.4 Å². The summed E-state index contributed by atoms with van der Waals surface area (Å²) in [5, 5.41) is 0. The van der Waals surface area contributed by atoms with Gasteiger partial charge in [-0.15, -0.1) is 0 Å². The van der Waals surface area contributed by atoms with Gasteiger partial charge in [-0.05, 0) is 50.7 Å². The fourth-order valence-electron chi connectivity index (χ4n) is 3.24. The molecule has 4 heteroatoms. The van der Waals surface area contributed by atoms with Gasteiger partial charge < -0.3 is 0 Å². The van der Waals surface area contributed by atoms with Crippen molar-refractivity contribution in [1.29, 1.82) is 0 Å². The van der Waals surface area contributed by atoms with Crippen LogP contribution >= 0.6 is 0 Å². The molecule has 0 saturated heterocycles. The minimum absolute atomic E-state index is 0.238. The quantitative estimate of drug-likeness (QED) is 0.250. The molecule has 1 atom stereocenters. The highest BCUT2D eigenvalue weighted by Gasteiger charge is 2.24. The Kier molecular flexibility index (Phi) is 8.94. The Morgan fingerprint density at radius 1 is 1.11 bits per heavy atom. The summed E-state index contributed by atoms with van der Waals surface area (Å²) < 4.78 is 27.7. The number of nitrogens with zero attached hydrogens (tertiary/aromatic N) is 1. The predicted octanol–water partition coefficient (Wildman–Crippen LogP) is 5.66. The van der Waals surface area contributed by atoms with Crippen LogP contribution in [0.4, 0.5) is 0 Å². The van der Waals surface area contributed by atoms with Gasteiger partial charge in [-0.25, -0.2) is 12.7 Å². The van der Waals surface area contributed by atoms with Gasteiger partial charge in [0.1, 0.15) is 0 Å². The van der Waals surface area contributed by atoms with Gasteiger partial charge in [-0.2, -0.15) is 0 Å². The third-order valence-electron chi connectivity index (χ3n) is 4.97. The van der Waals surface area contributed by atoms with Crippen molar-refractivity contribution in [3.05, 3.63) is 42.0 Å². The van der Waals surface area contributed by atoms with E-state index in [4.69, 9.17) is 0 Å². The molecule has 0 aromatic heterocycles. The zero-order valence-electron chi connectivity index (χ0n) is 16.8. The van der Waals surface area contributed by atoms with Crippen LogP contribution in [0.3, 0.4) is 0 Å². The number of hydrogen-bond acceptors (Lipinski definition) is 2. The Labute approximate surface area is 165 Å². The lowest BCUT2D eigenvalue weighted by Crippen LogP contribution is -2.31. The van der Waals surface area contributed by atoms with Crippen LogP contribution < -0.4 is 0 Å². The Balaban J connectivity index is 2.17. The third-order valence-corrected chi connectivity index (χ3v) is 6.66. The summed E-state index contributed by atoms with van der Waals surface area (Å²) in [5.74, 6) is 3.35. The van der Waals surface area contributed by atoms with E-state index in [0.717, 1.165) is 44.1 Å². The van der Waals surface area contributed by atoms with Crippen molar-refractivity contribution in [2.75, 3.05) is 6.54 Å². The molecule has 0 aliphatic heterocycles. The Hall–Kier alpha value is -1.73. The molecule has 0 bridgehead atoms. The van der Waals surface area contributed by atoms with Gasteiger partial charge in [0, 0.05) is 19.0 Å². The molecule has 0 radical (unpaired) electrons. The minimum Gasteiger partial charge on any atom is -0.224 e. The van der Waals surface area contributed by atoms with Gasteiger partial charge in [0.15, 0.2) is 0 Å². The molecular weight excluding hydrogens is 354 g/mol. The van der Waals surface area contributed by atoms with E-state index in [2.05, 4.69) is 31.0 Å². The molecule has 1 unspecified atom stereocenters. The smallest absolute Gasteiger partial charge is 0.224 e. The molecule has 1 aromatic rings. The van der Waals surface area contributed by atoms with Gasteiger partial charge in [0.25, 0.3) is 10.0 Å². The zero-order valence-corrected chi connectivity index (χ0v) is 17.6. The van der Waals surface area contributed by atoms with Crippen molar-refractivity contribution in [2.45, 2.75) is 76.5 Å². The largest absolute Gasteiger partial charge is 0.270 e. The second kappa shape index (κ2) is 11.2. The van der Waals surface area contributed by atoms with E-state index in [-0.39, 0.29) is 5.92 Å². The number of hydrogen-bond donors (Lipinski definition) is 0. The van der Waals surface area contributed by atoms with Crippen molar-refractivity contribution in [3.8, 4) is 12.0 Å². The van der Waals surface area contributed by atoms with Crippen LogP contribution in [0.5, 0.6) is 0 Å². The lowest BCUT2D eigenvalue weighted by atomic mass is 10.0. The summed E-state index contributed by atoms with van der Waals surface area (Å²) in [5.41, 5.74) is 1.05. The van der Waals surface area contributed by atoms with Crippen LogP contribution in [0.2, 0.25) is 0 Å². The van der Waals surface area contributed by atoms with Gasteiger partial charge in [-0.3, -0.25) is 0 Å². The first-order valence-electron chi connectivity index (χ1n) is 10.3. The molecule has 0 fully saturated rings. The fourth-order valence-corrected chi connectivity index (χ4v) is 4.55. The lowest BCUT2D eigenvalue weighted by Gasteiger charge is -2.22. The Morgan fingerprint density at radius 3 is 2.63 bits per heavy atom. The van der Waals surface area contributed by atoms with Crippen molar-refractivity contribution in [1.82, 2.24) is 4.31 Å². The molecule has 0 saturated carbocycles. The standard InChI is InChI=1S/C23H33NO2S/c1-3-4-5-6-9-12-19-24(20-22-13-10-7-8-11-14-22)27(25,26)23-17-15-21(2)16-18-23/h10,13,15-18,22H,3-9,11,14,20H2,1-2H3. The van der Waals surface area contributed by atoms with Gasteiger partial charge in [0.05, 0.1) is 4.90 Å². The molecule has 1 aliphatic carbocycles. The molecule has 0 N–H and O–H groups in total. The van der Waals surface area contributed by atoms with Crippen LogP contribution in [-0.2, 0) is 10.0 Å². The number of rotatable bonds is 8. The lowest BCUT2D eigenvalue weighted by molar-refractivity contribution is 0.440. The maximum atomic E-state index is 13.2. The molecule has 0 amide bonds. The summed E-state index contributed by atoms with van der Waals surface area (Å²) >= 11 is 0. The number of aryl methyl sites for hydroxylation is 1. The number of allylic oxidation sites excluding steroid dienone is 1.